The Labute approximate surface area is 155 Å². The monoisotopic (exact) mass is 390 g/mol. The Morgan fingerprint density at radius 2 is 1.92 bits per heavy atom. The molecule has 0 saturated carbocycles. The number of sulfone groups is 1. The van der Waals surface area contributed by atoms with E-state index < -0.39 is 9.84 Å². The first-order valence-corrected chi connectivity index (χ1v) is 10.6. The molecular weight excluding hydrogens is 372 g/mol. The van der Waals surface area contributed by atoms with E-state index >= 15 is 0 Å². The first-order valence-electron chi connectivity index (χ1n) is 7.91. The van der Waals surface area contributed by atoms with Crippen molar-refractivity contribution in [1.29, 1.82) is 0 Å². The Balaban J connectivity index is 1.59. The van der Waals surface area contributed by atoms with Crippen LogP contribution >= 0.6 is 11.3 Å². The highest BCUT2D eigenvalue weighted by molar-refractivity contribution is 7.90. The molecule has 0 saturated heterocycles. The van der Waals surface area contributed by atoms with E-state index in [1.807, 2.05) is 31.2 Å². The van der Waals surface area contributed by atoms with Gasteiger partial charge in [0, 0.05) is 6.26 Å². The van der Waals surface area contributed by atoms with Crippen molar-refractivity contribution < 1.29 is 17.9 Å². The predicted octanol–water partition coefficient (Wildman–Crippen LogP) is 3.42. The largest absolute Gasteiger partial charge is 0.493 e. The zero-order chi connectivity index (χ0) is 18.7. The van der Waals surface area contributed by atoms with Gasteiger partial charge in [-0.05, 0) is 37.3 Å². The number of nitrogens with zero attached hydrogens (tertiary/aromatic N) is 1. The van der Waals surface area contributed by atoms with Gasteiger partial charge in [-0.25, -0.2) is 13.4 Å². The van der Waals surface area contributed by atoms with E-state index in [0.717, 1.165) is 17.6 Å². The fraction of sp³-hybridized carbons (Fsp3) is 0.222. The maximum atomic E-state index is 12.0. The summed E-state index contributed by atoms with van der Waals surface area (Å²) in [4.78, 5) is 16.6. The fourth-order valence-electron chi connectivity index (χ4n) is 2.27. The van der Waals surface area contributed by atoms with Gasteiger partial charge in [0.15, 0.2) is 15.0 Å². The van der Waals surface area contributed by atoms with Crippen molar-refractivity contribution in [3.63, 3.8) is 0 Å². The number of fused-ring (bicyclic) bond motifs is 1. The molecule has 0 atom stereocenters. The zero-order valence-electron chi connectivity index (χ0n) is 14.4. The van der Waals surface area contributed by atoms with Crippen LogP contribution in [0.15, 0.2) is 47.4 Å². The van der Waals surface area contributed by atoms with Crippen LogP contribution in [0.4, 0.5) is 5.13 Å². The molecule has 6 nitrogen and oxygen atoms in total. The first-order chi connectivity index (χ1) is 12.3. The number of rotatable bonds is 6. The van der Waals surface area contributed by atoms with Gasteiger partial charge in [-0.3, -0.25) is 4.79 Å². The van der Waals surface area contributed by atoms with E-state index in [2.05, 4.69) is 10.3 Å². The van der Waals surface area contributed by atoms with Crippen LogP contribution < -0.4 is 10.1 Å². The Morgan fingerprint density at radius 1 is 1.19 bits per heavy atom. The van der Waals surface area contributed by atoms with Crippen molar-refractivity contribution in [3.8, 4) is 5.75 Å². The Bertz CT molecular complexity index is 1040. The third kappa shape index (κ3) is 4.59. The Hall–Kier alpha value is -2.45. The summed E-state index contributed by atoms with van der Waals surface area (Å²) in [6.45, 7) is 2.26. The van der Waals surface area contributed by atoms with E-state index in [-0.39, 0.29) is 23.8 Å². The molecule has 3 rings (SSSR count). The maximum Gasteiger partial charge on any atom is 0.229 e. The summed E-state index contributed by atoms with van der Waals surface area (Å²) in [6.07, 6.45) is 1.35. The third-order valence-corrected chi connectivity index (χ3v) is 5.70. The number of benzene rings is 2. The topological polar surface area (TPSA) is 85.4 Å². The molecule has 0 unspecified atom stereocenters. The van der Waals surface area contributed by atoms with Crippen LogP contribution in [0, 0.1) is 6.92 Å². The number of ether oxygens (including phenoxy) is 1. The molecule has 136 valence electrons. The SMILES string of the molecule is Cc1ccc(OCCC(=O)Nc2nc3ccc(S(C)(=O)=O)cc3s2)cc1. The average molecular weight is 390 g/mol. The number of anilines is 1. The van der Waals surface area contributed by atoms with Gasteiger partial charge in [0.05, 0.1) is 28.1 Å². The van der Waals surface area contributed by atoms with Crippen molar-refractivity contribution in [1.82, 2.24) is 4.98 Å². The molecule has 8 heteroatoms. The summed E-state index contributed by atoms with van der Waals surface area (Å²) in [5.74, 6) is 0.510. The average Bonchev–Trinajstić information content (AvgIpc) is 2.97. The number of aryl methyl sites for hydroxylation is 1. The van der Waals surface area contributed by atoms with Crippen LogP contribution in [-0.4, -0.2) is 32.2 Å². The molecule has 0 aliphatic carbocycles. The highest BCUT2D eigenvalue weighted by Crippen LogP contribution is 2.28. The van der Waals surface area contributed by atoms with E-state index in [4.69, 9.17) is 4.74 Å². The smallest absolute Gasteiger partial charge is 0.229 e. The fourth-order valence-corrected chi connectivity index (χ4v) is 3.91. The summed E-state index contributed by atoms with van der Waals surface area (Å²) >= 11 is 1.24. The van der Waals surface area contributed by atoms with Crippen LogP contribution in [-0.2, 0) is 14.6 Å². The summed E-state index contributed by atoms with van der Waals surface area (Å²) in [7, 11) is -3.27. The van der Waals surface area contributed by atoms with Crippen molar-refractivity contribution in [2.75, 3.05) is 18.2 Å². The second kappa shape index (κ2) is 7.43. The quantitative estimate of drug-likeness (QED) is 0.697. The summed E-state index contributed by atoms with van der Waals surface area (Å²) in [6, 6.07) is 12.3. The van der Waals surface area contributed by atoms with Gasteiger partial charge in [-0.2, -0.15) is 0 Å². The molecule has 1 heterocycles. The highest BCUT2D eigenvalue weighted by atomic mass is 32.2. The van der Waals surface area contributed by atoms with Gasteiger partial charge in [0.2, 0.25) is 5.91 Å². The lowest BCUT2D eigenvalue weighted by atomic mass is 10.2. The normalized spacial score (nSPS) is 11.5. The van der Waals surface area contributed by atoms with E-state index in [0.29, 0.717) is 15.3 Å². The number of aromatic nitrogens is 1. The highest BCUT2D eigenvalue weighted by Gasteiger charge is 2.12. The zero-order valence-corrected chi connectivity index (χ0v) is 16.0. The van der Waals surface area contributed by atoms with Crippen LogP contribution in [0.1, 0.15) is 12.0 Å². The molecule has 1 N–H and O–H groups in total. The summed E-state index contributed by atoms with van der Waals surface area (Å²) in [5.41, 5.74) is 1.79. The number of amides is 1. The van der Waals surface area contributed by atoms with Crippen LogP contribution in [0.25, 0.3) is 10.2 Å². The van der Waals surface area contributed by atoms with Crippen molar-refractivity contribution in [2.24, 2.45) is 0 Å². The van der Waals surface area contributed by atoms with Crippen molar-refractivity contribution >= 4 is 42.4 Å². The van der Waals surface area contributed by atoms with Gasteiger partial charge in [-0.15, -0.1) is 0 Å². The lowest BCUT2D eigenvalue weighted by molar-refractivity contribution is -0.116. The summed E-state index contributed by atoms with van der Waals surface area (Å²) in [5, 5.41) is 3.16. The van der Waals surface area contributed by atoms with Crippen molar-refractivity contribution in [2.45, 2.75) is 18.2 Å². The molecule has 3 aromatic rings. The van der Waals surface area contributed by atoms with Gasteiger partial charge in [0.1, 0.15) is 5.75 Å². The number of hydrogen-bond donors (Lipinski definition) is 1. The Morgan fingerprint density at radius 3 is 2.62 bits per heavy atom. The molecule has 0 radical (unpaired) electrons. The molecule has 0 aliphatic heterocycles. The van der Waals surface area contributed by atoms with Gasteiger partial charge in [-0.1, -0.05) is 29.0 Å². The second-order valence-electron chi connectivity index (χ2n) is 5.88. The molecule has 26 heavy (non-hydrogen) atoms. The minimum atomic E-state index is -3.27. The van der Waals surface area contributed by atoms with E-state index in [9.17, 15) is 13.2 Å². The molecule has 0 fully saturated rings. The minimum absolute atomic E-state index is 0.193. The molecule has 2 aromatic carbocycles. The number of hydrogen-bond acceptors (Lipinski definition) is 6. The van der Waals surface area contributed by atoms with Gasteiger partial charge < -0.3 is 10.1 Å². The molecule has 0 spiro atoms. The Kier molecular flexibility index (Phi) is 5.24. The van der Waals surface area contributed by atoms with Gasteiger partial charge in [0.25, 0.3) is 0 Å². The van der Waals surface area contributed by atoms with E-state index in [1.54, 1.807) is 12.1 Å². The van der Waals surface area contributed by atoms with Crippen LogP contribution in [0.2, 0.25) is 0 Å². The molecule has 1 amide bonds. The number of carbonyl (C=O) groups excluding carboxylic acids is 1. The third-order valence-electron chi connectivity index (χ3n) is 3.65. The first kappa shape index (κ1) is 18.3. The standard InChI is InChI=1S/C18H18N2O4S2/c1-12-3-5-13(6-4-12)24-10-9-17(21)20-18-19-15-8-7-14(26(2,22)23)11-16(15)25-18/h3-8,11H,9-10H2,1-2H3,(H,19,20,21). The minimum Gasteiger partial charge on any atom is -0.493 e. The second-order valence-corrected chi connectivity index (χ2v) is 8.93. The number of thiazole rings is 1. The molecule has 0 bridgehead atoms. The van der Waals surface area contributed by atoms with Crippen LogP contribution in [0.5, 0.6) is 5.75 Å². The predicted molar refractivity (Wildman–Crippen MR) is 103 cm³/mol. The number of carbonyl (C=O) groups is 1. The number of nitrogens with one attached hydrogen (secondary N) is 1. The molecule has 0 aliphatic rings. The van der Waals surface area contributed by atoms with Crippen molar-refractivity contribution in [3.05, 3.63) is 48.0 Å². The van der Waals surface area contributed by atoms with E-state index in [1.165, 1.54) is 17.4 Å². The van der Waals surface area contributed by atoms with Gasteiger partial charge >= 0.3 is 0 Å². The lowest BCUT2D eigenvalue weighted by Gasteiger charge is -2.06. The summed E-state index contributed by atoms with van der Waals surface area (Å²) < 4.78 is 29.5. The maximum absolute atomic E-state index is 12.0. The lowest BCUT2D eigenvalue weighted by Crippen LogP contribution is -2.15. The molecule has 1 aromatic heterocycles. The van der Waals surface area contributed by atoms with Crippen LogP contribution in [0.3, 0.4) is 0 Å². The molecular formula is C18H18N2O4S2.